The summed E-state index contributed by atoms with van der Waals surface area (Å²) in [5.74, 6) is -0.189. The molecule has 2 heterocycles. The van der Waals surface area contributed by atoms with Gasteiger partial charge in [0.1, 0.15) is 5.03 Å². The minimum absolute atomic E-state index is 0.211. The summed E-state index contributed by atoms with van der Waals surface area (Å²) < 4.78 is 5.07. The van der Waals surface area contributed by atoms with E-state index >= 15 is 0 Å². The summed E-state index contributed by atoms with van der Waals surface area (Å²) in [7, 11) is 0. The molecule has 2 aromatic heterocycles. The fourth-order valence-corrected chi connectivity index (χ4v) is 3.50. The number of rotatable bonds is 5. The molecule has 6 heteroatoms. The van der Waals surface area contributed by atoms with Crippen LogP contribution in [0.5, 0.6) is 0 Å². The predicted octanol–water partition coefficient (Wildman–Crippen LogP) is 5.05. The average Bonchev–Trinajstić information content (AvgIpc) is 3.25. The van der Waals surface area contributed by atoms with Crippen LogP contribution in [0.25, 0.3) is 10.9 Å². The number of carbonyl (C=O) groups excluding carboxylic acids is 1. The highest BCUT2D eigenvalue weighted by molar-refractivity contribution is 7.99. The molecule has 1 amide bonds. The maximum absolute atomic E-state index is 12.0. The fourth-order valence-electron chi connectivity index (χ4n) is 2.63. The maximum atomic E-state index is 12.0. The second kappa shape index (κ2) is 8.10. The van der Waals surface area contributed by atoms with E-state index in [1.807, 2.05) is 30.3 Å². The molecule has 0 fully saturated rings. The number of aryl methyl sites for hydroxylation is 1. The first kappa shape index (κ1) is 18.0. The lowest BCUT2D eigenvalue weighted by atomic mass is 10.2. The summed E-state index contributed by atoms with van der Waals surface area (Å²) in [6.07, 6.45) is 3.05. The molecule has 5 nitrogen and oxygen atoms in total. The smallest absolute Gasteiger partial charge is 0.307 e. The van der Waals surface area contributed by atoms with Gasteiger partial charge in [-0.05, 0) is 43.3 Å². The van der Waals surface area contributed by atoms with Crippen molar-refractivity contribution in [2.45, 2.75) is 16.8 Å². The number of nitrogens with zero attached hydrogens (tertiary/aromatic N) is 2. The van der Waals surface area contributed by atoms with Crippen molar-refractivity contribution in [1.82, 2.24) is 10.4 Å². The third-order valence-corrected chi connectivity index (χ3v) is 5.10. The molecular formula is C22H17N3O2S. The molecule has 0 aliphatic heterocycles. The first-order chi connectivity index (χ1) is 13.7. The average molecular weight is 387 g/mol. The van der Waals surface area contributed by atoms with Crippen LogP contribution in [0, 0.1) is 6.92 Å². The number of hydrogen-bond donors (Lipinski definition) is 1. The quantitative estimate of drug-likeness (QED) is 0.384. The number of furan rings is 1. The van der Waals surface area contributed by atoms with Crippen molar-refractivity contribution in [2.24, 2.45) is 5.10 Å². The molecule has 2 aromatic carbocycles. The first-order valence-electron chi connectivity index (χ1n) is 8.70. The largest absolute Gasteiger partial charge is 0.459 e. The predicted molar refractivity (Wildman–Crippen MR) is 111 cm³/mol. The third kappa shape index (κ3) is 4.13. The number of fused-ring (bicyclic) bond motifs is 1. The summed E-state index contributed by atoms with van der Waals surface area (Å²) in [6.45, 7) is 2.06. The van der Waals surface area contributed by atoms with Crippen LogP contribution >= 0.6 is 11.8 Å². The lowest BCUT2D eigenvalue weighted by Gasteiger charge is -2.08. The molecule has 0 aliphatic carbocycles. The molecule has 0 bridgehead atoms. The molecular weight excluding hydrogens is 370 g/mol. The lowest BCUT2D eigenvalue weighted by molar-refractivity contribution is 0.0927. The number of para-hydroxylation sites is 1. The highest BCUT2D eigenvalue weighted by atomic mass is 32.2. The van der Waals surface area contributed by atoms with E-state index in [0.717, 1.165) is 26.4 Å². The van der Waals surface area contributed by atoms with E-state index in [-0.39, 0.29) is 5.76 Å². The molecule has 0 saturated carbocycles. The number of aromatic nitrogens is 1. The minimum Gasteiger partial charge on any atom is -0.459 e. The Hall–Kier alpha value is -3.38. The summed E-state index contributed by atoms with van der Waals surface area (Å²) >= 11 is 1.56. The van der Waals surface area contributed by atoms with Gasteiger partial charge in [-0.25, -0.2) is 10.4 Å². The van der Waals surface area contributed by atoms with E-state index in [0.29, 0.717) is 0 Å². The Labute approximate surface area is 166 Å². The highest BCUT2D eigenvalue weighted by Crippen LogP contribution is 2.30. The van der Waals surface area contributed by atoms with Gasteiger partial charge in [0.2, 0.25) is 0 Å². The van der Waals surface area contributed by atoms with Crippen LogP contribution < -0.4 is 5.43 Å². The van der Waals surface area contributed by atoms with E-state index < -0.39 is 5.91 Å². The van der Waals surface area contributed by atoms with Crippen LogP contribution in [0.2, 0.25) is 0 Å². The molecule has 28 heavy (non-hydrogen) atoms. The molecule has 4 aromatic rings. The van der Waals surface area contributed by atoms with E-state index in [9.17, 15) is 4.79 Å². The van der Waals surface area contributed by atoms with E-state index in [1.54, 1.807) is 30.1 Å². The van der Waals surface area contributed by atoms with Gasteiger partial charge in [0.25, 0.3) is 0 Å². The van der Waals surface area contributed by atoms with Crippen LogP contribution in [-0.4, -0.2) is 17.1 Å². The third-order valence-electron chi connectivity index (χ3n) is 4.07. The molecule has 138 valence electrons. The molecule has 0 atom stereocenters. The number of benzene rings is 2. The molecule has 1 N–H and O–H groups in total. The Bertz CT molecular complexity index is 1140. The maximum Gasteiger partial charge on any atom is 0.307 e. The van der Waals surface area contributed by atoms with Gasteiger partial charge in [0, 0.05) is 15.8 Å². The Morgan fingerprint density at radius 3 is 2.71 bits per heavy atom. The molecule has 0 unspecified atom stereocenters. The molecule has 0 spiro atoms. The van der Waals surface area contributed by atoms with Gasteiger partial charge < -0.3 is 4.42 Å². The molecule has 0 aliphatic rings. The molecule has 0 radical (unpaired) electrons. The van der Waals surface area contributed by atoms with Crippen LogP contribution in [0.15, 0.2) is 92.4 Å². The fraction of sp³-hybridized carbons (Fsp3) is 0.0455. The molecule has 4 rings (SSSR count). The van der Waals surface area contributed by atoms with Gasteiger partial charge in [-0.15, -0.1) is 0 Å². The summed E-state index contributed by atoms with van der Waals surface area (Å²) in [5.41, 5.74) is 5.42. The zero-order valence-corrected chi connectivity index (χ0v) is 15.9. The van der Waals surface area contributed by atoms with Crippen molar-refractivity contribution in [1.29, 1.82) is 0 Å². The number of nitrogens with one attached hydrogen (secondary N) is 1. The Morgan fingerprint density at radius 1 is 1.11 bits per heavy atom. The van der Waals surface area contributed by atoms with Gasteiger partial charge in [-0.1, -0.05) is 47.7 Å². The van der Waals surface area contributed by atoms with E-state index in [1.165, 1.54) is 11.8 Å². The van der Waals surface area contributed by atoms with Crippen molar-refractivity contribution < 1.29 is 9.21 Å². The Morgan fingerprint density at radius 2 is 1.93 bits per heavy atom. The number of hydrazone groups is 1. The van der Waals surface area contributed by atoms with Crippen LogP contribution in [-0.2, 0) is 0 Å². The standard InChI is InChI=1S/C22H17N3O2S/c1-15-8-10-18(11-9-15)28-22-17(13-16-5-2-3-6-19(16)24-22)14-23-25-21(26)20-7-4-12-27-20/h2-14H,1H3,(H,25,26). The summed E-state index contributed by atoms with van der Waals surface area (Å²) in [5, 5.41) is 5.91. The number of carbonyl (C=O) groups is 1. The van der Waals surface area contributed by atoms with E-state index in [2.05, 4.69) is 41.7 Å². The van der Waals surface area contributed by atoms with Gasteiger partial charge in [0.05, 0.1) is 18.0 Å². The van der Waals surface area contributed by atoms with Gasteiger partial charge in [-0.3, -0.25) is 4.79 Å². The monoisotopic (exact) mass is 387 g/mol. The second-order valence-electron chi connectivity index (χ2n) is 6.17. The number of hydrogen-bond acceptors (Lipinski definition) is 5. The molecule has 0 saturated heterocycles. The van der Waals surface area contributed by atoms with Gasteiger partial charge >= 0.3 is 5.91 Å². The summed E-state index contributed by atoms with van der Waals surface area (Å²) in [6, 6.07) is 21.4. The zero-order valence-electron chi connectivity index (χ0n) is 15.1. The number of pyridine rings is 1. The van der Waals surface area contributed by atoms with Crippen molar-refractivity contribution >= 4 is 34.8 Å². The van der Waals surface area contributed by atoms with Crippen molar-refractivity contribution in [3.05, 3.63) is 89.9 Å². The van der Waals surface area contributed by atoms with E-state index in [4.69, 9.17) is 9.40 Å². The van der Waals surface area contributed by atoms with Gasteiger partial charge in [-0.2, -0.15) is 5.10 Å². The second-order valence-corrected chi connectivity index (χ2v) is 7.23. The normalized spacial score (nSPS) is 11.2. The van der Waals surface area contributed by atoms with Crippen LogP contribution in [0.1, 0.15) is 21.7 Å². The van der Waals surface area contributed by atoms with Crippen LogP contribution in [0.3, 0.4) is 0 Å². The van der Waals surface area contributed by atoms with Crippen molar-refractivity contribution in [3.8, 4) is 0 Å². The Kier molecular flexibility index (Phi) is 5.21. The van der Waals surface area contributed by atoms with Crippen molar-refractivity contribution in [3.63, 3.8) is 0 Å². The zero-order chi connectivity index (χ0) is 19.3. The summed E-state index contributed by atoms with van der Waals surface area (Å²) in [4.78, 5) is 17.8. The van der Waals surface area contributed by atoms with Crippen LogP contribution in [0.4, 0.5) is 0 Å². The lowest BCUT2D eigenvalue weighted by Crippen LogP contribution is -2.16. The highest BCUT2D eigenvalue weighted by Gasteiger charge is 2.09. The Balaban J connectivity index is 1.63. The topological polar surface area (TPSA) is 67.5 Å². The first-order valence-corrected chi connectivity index (χ1v) is 9.52. The minimum atomic E-state index is -0.400. The van der Waals surface area contributed by atoms with Gasteiger partial charge in [0.15, 0.2) is 5.76 Å². The SMILES string of the molecule is Cc1ccc(Sc2nc3ccccc3cc2C=NNC(=O)c2ccco2)cc1. The van der Waals surface area contributed by atoms with Crippen molar-refractivity contribution in [2.75, 3.05) is 0 Å². The number of amides is 1.